The van der Waals surface area contributed by atoms with Crippen molar-refractivity contribution < 1.29 is 22.1 Å². The van der Waals surface area contributed by atoms with Crippen LogP contribution in [0.3, 0.4) is 0 Å². The predicted octanol–water partition coefficient (Wildman–Crippen LogP) is 3.47. The van der Waals surface area contributed by atoms with E-state index in [1.807, 2.05) is 6.92 Å². The van der Waals surface area contributed by atoms with Gasteiger partial charge in [0, 0.05) is 5.56 Å². The van der Waals surface area contributed by atoms with Crippen molar-refractivity contribution in [3.8, 4) is 0 Å². The molecule has 1 saturated carbocycles. The first kappa shape index (κ1) is 17.6. The SMILES string of the molecule is Cc1ccc(S(=O)(=O)OCC2CC2)c(COC(=O)c2ccccc2)c1. The molecule has 0 saturated heterocycles. The molecule has 1 fully saturated rings. The van der Waals surface area contributed by atoms with Gasteiger partial charge in [-0.25, -0.2) is 4.79 Å². The average Bonchev–Trinajstić information content (AvgIpc) is 3.43. The van der Waals surface area contributed by atoms with Crippen LogP contribution in [-0.2, 0) is 25.6 Å². The van der Waals surface area contributed by atoms with E-state index in [1.54, 1.807) is 42.5 Å². The van der Waals surface area contributed by atoms with Crippen LogP contribution in [-0.4, -0.2) is 21.0 Å². The van der Waals surface area contributed by atoms with E-state index in [1.165, 1.54) is 6.07 Å². The second kappa shape index (κ2) is 7.37. The first-order valence-electron chi connectivity index (χ1n) is 8.17. The van der Waals surface area contributed by atoms with Gasteiger partial charge in [-0.2, -0.15) is 8.42 Å². The summed E-state index contributed by atoms with van der Waals surface area (Å²) in [7, 11) is -3.87. The third-order valence-corrected chi connectivity index (χ3v) is 5.39. The van der Waals surface area contributed by atoms with Gasteiger partial charge in [-0.1, -0.05) is 35.9 Å². The van der Waals surface area contributed by atoms with Crippen molar-refractivity contribution in [1.82, 2.24) is 0 Å². The molecular formula is C19H20O5S. The Bertz CT molecular complexity index is 855. The summed E-state index contributed by atoms with van der Waals surface area (Å²) in [6.07, 6.45) is 2.01. The highest BCUT2D eigenvalue weighted by Crippen LogP contribution is 2.30. The Morgan fingerprint density at radius 2 is 1.84 bits per heavy atom. The van der Waals surface area contributed by atoms with E-state index < -0.39 is 16.1 Å². The smallest absolute Gasteiger partial charge is 0.338 e. The maximum absolute atomic E-state index is 12.4. The monoisotopic (exact) mass is 360 g/mol. The number of ether oxygens (including phenoxy) is 1. The van der Waals surface area contributed by atoms with Crippen molar-refractivity contribution in [2.45, 2.75) is 31.3 Å². The number of aryl methyl sites for hydroxylation is 1. The minimum Gasteiger partial charge on any atom is -0.457 e. The van der Waals surface area contributed by atoms with Crippen LogP contribution in [0.5, 0.6) is 0 Å². The maximum atomic E-state index is 12.4. The van der Waals surface area contributed by atoms with E-state index in [-0.39, 0.29) is 18.1 Å². The summed E-state index contributed by atoms with van der Waals surface area (Å²) in [5.74, 6) is -0.163. The minimum atomic E-state index is -3.87. The number of rotatable bonds is 7. The zero-order valence-corrected chi connectivity index (χ0v) is 14.8. The average molecular weight is 360 g/mol. The van der Waals surface area contributed by atoms with Crippen LogP contribution < -0.4 is 0 Å². The van der Waals surface area contributed by atoms with Crippen LogP contribution in [0.1, 0.15) is 34.3 Å². The van der Waals surface area contributed by atoms with E-state index >= 15 is 0 Å². The summed E-state index contributed by atoms with van der Waals surface area (Å²) >= 11 is 0. The molecule has 1 aliphatic rings. The van der Waals surface area contributed by atoms with E-state index in [0.29, 0.717) is 17.0 Å². The minimum absolute atomic E-state index is 0.0552. The molecule has 25 heavy (non-hydrogen) atoms. The molecule has 0 unspecified atom stereocenters. The van der Waals surface area contributed by atoms with Gasteiger partial charge in [-0.3, -0.25) is 4.18 Å². The Morgan fingerprint density at radius 1 is 1.12 bits per heavy atom. The van der Waals surface area contributed by atoms with Crippen LogP contribution in [0.25, 0.3) is 0 Å². The fourth-order valence-corrected chi connectivity index (χ4v) is 3.57. The van der Waals surface area contributed by atoms with Gasteiger partial charge in [0.2, 0.25) is 0 Å². The molecule has 0 radical (unpaired) electrons. The third-order valence-electron chi connectivity index (χ3n) is 4.01. The van der Waals surface area contributed by atoms with Gasteiger partial charge in [0.15, 0.2) is 0 Å². The van der Waals surface area contributed by atoms with Crippen molar-refractivity contribution >= 4 is 16.1 Å². The van der Waals surface area contributed by atoms with Crippen molar-refractivity contribution in [2.75, 3.05) is 6.61 Å². The first-order chi connectivity index (χ1) is 12.0. The van der Waals surface area contributed by atoms with Crippen LogP contribution in [0.4, 0.5) is 0 Å². The van der Waals surface area contributed by atoms with Crippen molar-refractivity contribution in [2.24, 2.45) is 5.92 Å². The summed E-state index contributed by atoms with van der Waals surface area (Å²) in [5, 5.41) is 0. The molecule has 6 heteroatoms. The van der Waals surface area contributed by atoms with Crippen molar-refractivity contribution in [3.05, 3.63) is 65.2 Å². The van der Waals surface area contributed by atoms with E-state index in [0.717, 1.165) is 18.4 Å². The van der Waals surface area contributed by atoms with Gasteiger partial charge < -0.3 is 4.74 Å². The molecule has 1 aliphatic carbocycles. The highest BCUT2D eigenvalue weighted by molar-refractivity contribution is 7.86. The van der Waals surface area contributed by atoms with Gasteiger partial charge in [0.1, 0.15) is 11.5 Å². The zero-order chi connectivity index (χ0) is 17.9. The number of hydrogen-bond donors (Lipinski definition) is 0. The second-order valence-corrected chi connectivity index (χ2v) is 7.82. The quantitative estimate of drug-likeness (QED) is 0.559. The number of esters is 1. The summed E-state index contributed by atoms with van der Waals surface area (Å²) in [6, 6.07) is 13.5. The topological polar surface area (TPSA) is 69.7 Å². The van der Waals surface area contributed by atoms with Crippen molar-refractivity contribution in [1.29, 1.82) is 0 Å². The Hall–Kier alpha value is -2.18. The second-order valence-electron chi connectivity index (χ2n) is 6.24. The van der Waals surface area contributed by atoms with Gasteiger partial charge in [-0.05, 0) is 43.9 Å². The molecule has 0 N–H and O–H groups in total. The zero-order valence-electron chi connectivity index (χ0n) is 14.0. The number of benzene rings is 2. The Balaban J connectivity index is 1.75. The van der Waals surface area contributed by atoms with Gasteiger partial charge in [0.25, 0.3) is 10.1 Å². The van der Waals surface area contributed by atoms with Crippen molar-refractivity contribution in [3.63, 3.8) is 0 Å². The lowest BCUT2D eigenvalue weighted by Gasteiger charge is -2.12. The molecule has 0 aromatic heterocycles. The fraction of sp³-hybridized carbons (Fsp3) is 0.316. The molecule has 2 aromatic carbocycles. The summed E-state index contributed by atoms with van der Waals surface area (Å²) in [5.41, 5.74) is 1.72. The number of hydrogen-bond acceptors (Lipinski definition) is 5. The van der Waals surface area contributed by atoms with Crippen LogP contribution in [0, 0.1) is 12.8 Å². The first-order valence-corrected chi connectivity index (χ1v) is 9.57. The largest absolute Gasteiger partial charge is 0.457 e. The summed E-state index contributed by atoms with van der Waals surface area (Å²) in [4.78, 5) is 12.1. The Morgan fingerprint density at radius 3 is 2.52 bits per heavy atom. The predicted molar refractivity (Wildman–Crippen MR) is 92.6 cm³/mol. The van der Waals surface area contributed by atoms with Crippen LogP contribution >= 0.6 is 0 Å². The van der Waals surface area contributed by atoms with E-state index in [2.05, 4.69) is 0 Å². The Kier molecular flexibility index (Phi) is 5.20. The molecule has 5 nitrogen and oxygen atoms in total. The van der Waals surface area contributed by atoms with E-state index in [9.17, 15) is 13.2 Å². The molecule has 3 rings (SSSR count). The summed E-state index contributed by atoms with van der Waals surface area (Å²) < 4.78 is 35.3. The summed E-state index contributed by atoms with van der Waals surface area (Å²) in [6.45, 7) is 1.93. The van der Waals surface area contributed by atoms with Gasteiger partial charge in [-0.15, -0.1) is 0 Å². The molecule has 132 valence electrons. The molecule has 2 aromatic rings. The van der Waals surface area contributed by atoms with Crippen LogP contribution in [0.15, 0.2) is 53.4 Å². The third kappa shape index (κ3) is 4.67. The lowest BCUT2D eigenvalue weighted by Crippen LogP contribution is -2.13. The highest BCUT2D eigenvalue weighted by Gasteiger charge is 2.27. The lowest BCUT2D eigenvalue weighted by atomic mass is 10.1. The normalized spacial score (nSPS) is 14.3. The molecule has 0 aliphatic heterocycles. The van der Waals surface area contributed by atoms with Gasteiger partial charge in [0.05, 0.1) is 12.2 Å². The fourth-order valence-electron chi connectivity index (χ4n) is 2.40. The number of carbonyl (C=O) groups excluding carboxylic acids is 1. The standard InChI is InChI=1S/C19H20O5S/c1-14-7-10-18(25(21,22)24-12-15-8-9-15)17(11-14)13-23-19(20)16-5-3-2-4-6-16/h2-7,10-11,15H,8-9,12-13H2,1H3. The molecule has 0 heterocycles. The molecule has 0 atom stereocenters. The van der Waals surface area contributed by atoms with Crippen LogP contribution in [0.2, 0.25) is 0 Å². The van der Waals surface area contributed by atoms with E-state index in [4.69, 9.17) is 8.92 Å². The molecule has 0 spiro atoms. The lowest BCUT2D eigenvalue weighted by molar-refractivity contribution is 0.0469. The molecule has 0 amide bonds. The Labute approximate surface area is 147 Å². The highest BCUT2D eigenvalue weighted by atomic mass is 32.2. The maximum Gasteiger partial charge on any atom is 0.338 e. The molecular weight excluding hydrogens is 340 g/mol. The van der Waals surface area contributed by atoms with Gasteiger partial charge >= 0.3 is 5.97 Å². The molecule has 0 bridgehead atoms. The number of carbonyl (C=O) groups is 1.